The number of likely N-dealkylation sites (N-methyl/N-ethyl adjacent to an activating group) is 1. The maximum atomic E-state index is 13.1. The number of nitrogens with one attached hydrogen (secondary N) is 1. The molecule has 3 aliphatic heterocycles. The monoisotopic (exact) mass is 460 g/mol. The van der Waals surface area contributed by atoms with Gasteiger partial charge in [0.15, 0.2) is 0 Å². The maximum absolute atomic E-state index is 13.1. The van der Waals surface area contributed by atoms with Crippen LogP contribution in [0, 0.1) is 5.92 Å². The number of carbonyl (C=O) groups is 1. The molecule has 4 rings (SSSR count). The Balaban J connectivity index is 0.00000160. The quantitative estimate of drug-likeness (QED) is 0.738. The van der Waals surface area contributed by atoms with E-state index in [4.69, 9.17) is 4.74 Å². The second-order valence-electron chi connectivity index (χ2n) is 8.96. The number of ether oxygens (including phenoxy) is 1. The zero-order chi connectivity index (χ0) is 19.9. The molecule has 1 N–H and O–H groups in total. The Morgan fingerprint density at radius 2 is 1.93 bits per heavy atom. The van der Waals surface area contributed by atoms with Gasteiger partial charge in [0.1, 0.15) is 5.56 Å². The highest BCUT2D eigenvalue weighted by Gasteiger charge is 2.38. The molecule has 0 aromatic carbocycles. The molecular weight excluding hydrogens is 427 g/mol. The van der Waals surface area contributed by atoms with Crippen molar-refractivity contribution in [2.24, 2.45) is 5.92 Å². The van der Waals surface area contributed by atoms with Crippen molar-refractivity contribution < 1.29 is 9.53 Å². The second-order valence-corrected chi connectivity index (χ2v) is 8.96. The fourth-order valence-electron chi connectivity index (χ4n) is 5.24. The maximum Gasteiger partial charge on any atom is 0.263 e. The summed E-state index contributed by atoms with van der Waals surface area (Å²) in [6, 6.07) is 3.75. The smallest absolute Gasteiger partial charge is 0.263 e. The van der Waals surface area contributed by atoms with Crippen LogP contribution in [0.25, 0.3) is 0 Å². The van der Waals surface area contributed by atoms with E-state index in [9.17, 15) is 9.59 Å². The van der Waals surface area contributed by atoms with Gasteiger partial charge in [0.25, 0.3) is 11.5 Å². The van der Waals surface area contributed by atoms with E-state index in [1.54, 1.807) is 13.2 Å². The molecule has 170 valence electrons. The molecule has 4 heterocycles. The van der Waals surface area contributed by atoms with Crippen LogP contribution in [0.3, 0.4) is 0 Å². The zero-order valence-electron chi connectivity index (χ0n) is 18.1. The third kappa shape index (κ3) is 4.70. The molecule has 0 spiro atoms. The number of hydrogen-bond acceptors (Lipinski definition) is 5. The van der Waals surface area contributed by atoms with Crippen molar-refractivity contribution in [3.63, 3.8) is 0 Å². The summed E-state index contributed by atoms with van der Waals surface area (Å²) < 4.78 is 7.68. The summed E-state index contributed by atoms with van der Waals surface area (Å²) in [5.74, 6) is 0.731. The molecule has 0 aliphatic carbocycles. The number of likely N-dealkylation sites (tertiary alicyclic amines) is 1. The number of amides is 1. The number of carbonyl (C=O) groups excluding carboxylic acids is 1. The average Bonchev–Trinajstić information content (AvgIpc) is 2.69. The molecule has 2 atom stereocenters. The minimum atomic E-state index is -0.213. The van der Waals surface area contributed by atoms with Gasteiger partial charge in [-0.05, 0) is 58.0 Å². The van der Waals surface area contributed by atoms with E-state index in [1.165, 1.54) is 0 Å². The van der Waals surface area contributed by atoms with Gasteiger partial charge in [-0.1, -0.05) is 0 Å². The fraction of sp³-hybridized carbons (Fsp3) is 0.714. The number of fused-ring (bicyclic) bond motifs is 4. The van der Waals surface area contributed by atoms with Crippen molar-refractivity contribution in [2.45, 2.75) is 37.3 Å². The lowest BCUT2D eigenvalue weighted by atomic mass is 9.84. The highest BCUT2D eigenvalue weighted by Crippen LogP contribution is 2.32. The van der Waals surface area contributed by atoms with Gasteiger partial charge in [-0.15, -0.1) is 24.8 Å². The van der Waals surface area contributed by atoms with Gasteiger partial charge < -0.3 is 24.4 Å². The summed E-state index contributed by atoms with van der Waals surface area (Å²) in [4.78, 5) is 30.2. The highest BCUT2D eigenvalue weighted by atomic mass is 35.5. The van der Waals surface area contributed by atoms with Crippen LogP contribution in [0.4, 0.5) is 0 Å². The molecule has 9 heteroatoms. The number of halogens is 2. The Hall–Kier alpha value is -1.12. The summed E-state index contributed by atoms with van der Waals surface area (Å²) in [6.07, 6.45) is 2.71. The Morgan fingerprint density at radius 1 is 1.23 bits per heavy atom. The Labute approximate surface area is 190 Å². The first-order valence-electron chi connectivity index (χ1n) is 10.4. The minimum Gasteiger partial charge on any atom is -0.377 e. The van der Waals surface area contributed by atoms with Crippen LogP contribution in [0.1, 0.15) is 41.2 Å². The molecule has 2 bridgehead atoms. The molecule has 1 aromatic rings. The van der Waals surface area contributed by atoms with Crippen molar-refractivity contribution >= 4 is 30.7 Å². The second kappa shape index (κ2) is 10.0. The molecule has 0 radical (unpaired) electrons. The summed E-state index contributed by atoms with van der Waals surface area (Å²) in [5, 5.41) is 3.46. The van der Waals surface area contributed by atoms with Gasteiger partial charge in [-0.2, -0.15) is 0 Å². The molecule has 1 aromatic heterocycles. The molecule has 2 fully saturated rings. The number of methoxy groups -OCH3 is 1. The Bertz CT molecular complexity index is 806. The molecule has 3 aliphatic rings. The first-order chi connectivity index (χ1) is 13.4. The lowest BCUT2D eigenvalue weighted by Crippen LogP contribution is -2.53. The van der Waals surface area contributed by atoms with Crippen LogP contribution in [0.15, 0.2) is 16.9 Å². The average molecular weight is 461 g/mol. The Kier molecular flexibility index (Phi) is 8.38. The number of aromatic nitrogens is 1. The van der Waals surface area contributed by atoms with Crippen LogP contribution in [0.2, 0.25) is 0 Å². The molecular formula is C21H34Cl2N4O3. The largest absolute Gasteiger partial charge is 0.377 e. The van der Waals surface area contributed by atoms with E-state index >= 15 is 0 Å². The zero-order valence-corrected chi connectivity index (χ0v) is 19.7. The van der Waals surface area contributed by atoms with E-state index < -0.39 is 0 Å². The fourth-order valence-corrected chi connectivity index (χ4v) is 5.24. The van der Waals surface area contributed by atoms with Crippen LogP contribution < -0.4 is 10.9 Å². The van der Waals surface area contributed by atoms with E-state index in [1.807, 2.05) is 29.6 Å². The lowest BCUT2D eigenvalue weighted by molar-refractivity contribution is -0.0654. The SMILES string of the molecule is COC1(CN(C)C)CCN(C(=O)c2ccc3n(c2=O)C[C@@H]2CNC[C@H]3C2)CC1.Cl.Cl. The van der Waals surface area contributed by atoms with E-state index in [-0.39, 0.29) is 41.9 Å². The minimum absolute atomic E-state index is 0. The van der Waals surface area contributed by atoms with E-state index in [2.05, 4.69) is 10.2 Å². The number of pyridine rings is 1. The van der Waals surface area contributed by atoms with Crippen LogP contribution in [-0.2, 0) is 11.3 Å². The first kappa shape index (κ1) is 25.1. The molecule has 1 amide bonds. The Morgan fingerprint density at radius 3 is 2.57 bits per heavy atom. The number of nitrogens with zero attached hydrogens (tertiary/aromatic N) is 3. The van der Waals surface area contributed by atoms with Gasteiger partial charge >= 0.3 is 0 Å². The summed E-state index contributed by atoms with van der Waals surface area (Å²) in [7, 11) is 5.83. The predicted octanol–water partition coefficient (Wildman–Crippen LogP) is 1.58. The van der Waals surface area contributed by atoms with Crippen LogP contribution in [-0.4, -0.2) is 79.8 Å². The van der Waals surface area contributed by atoms with Crippen molar-refractivity contribution in [1.29, 1.82) is 0 Å². The number of piperidine rings is 2. The van der Waals surface area contributed by atoms with Crippen LogP contribution in [0.5, 0.6) is 0 Å². The number of rotatable bonds is 4. The van der Waals surface area contributed by atoms with Crippen molar-refractivity contribution in [3.05, 3.63) is 33.7 Å². The van der Waals surface area contributed by atoms with Gasteiger partial charge in [0.2, 0.25) is 0 Å². The predicted molar refractivity (Wildman–Crippen MR) is 122 cm³/mol. The molecule has 7 nitrogen and oxygen atoms in total. The first-order valence-corrected chi connectivity index (χ1v) is 10.4. The van der Waals surface area contributed by atoms with Gasteiger partial charge in [-0.3, -0.25) is 9.59 Å². The lowest BCUT2D eigenvalue weighted by Gasteiger charge is -2.42. The van der Waals surface area contributed by atoms with E-state index in [0.29, 0.717) is 37.0 Å². The highest BCUT2D eigenvalue weighted by molar-refractivity contribution is 5.94. The van der Waals surface area contributed by atoms with Crippen molar-refractivity contribution in [3.8, 4) is 0 Å². The molecule has 0 saturated carbocycles. The number of hydrogen-bond donors (Lipinski definition) is 1. The van der Waals surface area contributed by atoms with Gasteiger partial charge in [0.05, 0.1) is 5.60 Å². The third-order valence-electron chi connectivity index (χ3n) is 6.74. The van der Waals surface area contributed by atoms with Gasteiger partial charge in [0, 0.05) is 51.4 Å². The van der Waals surface area contributed by atoms with Crippen LogP contribution >= 0.6 is 24.8 Å². The van der Waals surface area contributed by atoms with Gasteiger partial charge in [-0.25, -0.2) is 0 Å². The molecule has 30 heavy (non-hydrogen) atoms. The summed E-state index contributed by atoms with van der Waals surface area (Å²) in [5.41, 5.74) is 1.06. The molecule has 0 unspecified atom stereocenters. The van der Waals surface area contributed by atoms with Crippen molar-refractivity contribution in [1.82, 2.24) is 19.7 Å². The van der Waals surface area contributed by atoms with E-state index in [0.717, 1.165) is 44.6 Å². The summed E-state index contributed by atoms with van der Waals surface area (Å²) in [6.45, 7) is 4.67. The normalized spacial score (nSPS) is 24.5. The topological polar surface area (TPSA) is 66.8 Å². The summed E-state index contributed by atoms with van der Waals surface area (Å²) >= 11 is 0. The molecule has 2 saturated heterocycles. The standard InChI is InChI=1S/C21H32N4O3.2ClH/c1-23(2)14-21(28-3)6-8-24(9-7-21)19(26)17-4-5-18-16-10-15(11-22-12-16)13-25(18)20(17)27;;/h4-5,15-16,22H,6-14H2,1-3H3;2*1H/t15-,16+;;/m0../s1. The third-order valence-corrected chi connectivity index (χ3v) is 6.74. The van der Waals surface area contributed by atoms with Crippen molar-refractivity contribution in [2.75, 3.05) is 53.9 Å².